The molecule has 2 N–H and O–H groups in total. The fraction of sp³-hybridized carbons (Fsp3) is 0.543. The van der Waals surface area contributed by atoms with Crippen LogP contribution in [0.1, 0.15) is 82.7 Å². The fourth-order valence-corrected chi connectivity index (χ4v) is 7.97. The maximum atomic E-state index is 14.1. The van der Waals surface area contributed by atoms with Crippen molar-refractivity contribution in [2.75, 3.05) is 6.61 Å². The van der Waals surface area contributed by atoms with Gasteiger partial charge in [0.2, 0.25) is 11.8 Å². The lowest BCUT2D eigenvalue weighted by Gasteiger charge is -2.43. The molecule has 1 saturated carbocycles. The lowest BCUT2D eigenvalue weighted by molar-refractivity contribution is -0.143. The zero-order valence-electron chi connectivity index (χ0n) is 25.7. The number of para-hydroxylation sites is 1. The van der Waals surface area contributed by atoms with E-state index in [0.29, 0.717) is 37.3 Å². The van der Waals surface area contributed by atoms with Gasteiger partial charge in [-0.1, -0.05) is 56.4 Å². The van der Waals surface area contributed by atoms with Gasteiger partial charge in [-0.05, 0) is 92.3 Å². The second-order valence-corrected chi connectivity index (χ2v) is 12.8. The molecule has 1 aromatic carbocycles. The number of carbonyl (C=O) groups is 2. The van der Waals surface area contributed by atoms with Crippen molar-refractivity contribution in [3.8, 4) is 5.75 Å². The van der Waals surface area contributed by atoms with E-state index in [0.717, 1.165) is 68.3 Å². The highest BCUT2D eigenvalue weighted by atomic mass is 16.5. The summed E-state index contributed by atoms with van der Waals surface area (Å²) >= 11 is 0. The number of hydrogen-bond acceptors (Lipinski definition) is 7. The average Bonchev–Trinajstić information content (AvgIpc) is 3.60. The number of fused-ring (bicyclic) bond motifs is 3. The third-order valence-corrected chi connectivity index (χ3v) is 9.92. The van der Waals surface area contributed by atoms with Crippen molar-refractivity contribution in [3.05, 3.63) is 70.7 Å². The molecule has 9 heteroatoms. The predicted octanol–water partition coefficient (Wildman–Crippen LogP) is 5.94. The molecule has 2 aromatic rings. The first-order valence-electron chi connectivity index (χ1n) is 16.5. The lowest BCUT2D eigenvalue weighted by Crippen LogP contribution is -2.47. The van der Waals surface area contributed by atoms with Crippen molar-refractivity contribution in [1.82, 2.24) is 4.90 Å². The Morgan fingerprint density at radius 1 is 1.05 bits per heavy atom. The molecule has 6 rings (SSSR count). The van der Waals surface area contributed by atoms with Crippen molar-refractivity contribution in [2.45, 2.75) is 96.2 Å². The molecule has 0 bridgehead atoms. The topological polar surface area (TPSA) is 109 Å². The Kier molecular flexibility index (Phi) is 9.74. The molecule has 2 aliphatic carbocycles. The molecule has 0 radical (unpaired) electrons. The Bertz CT molecular complexity index is 1380. The number of aliphatic hydroxyl groups is 1. The highest BCUT2D eigenvalue weighted by Crippen LogP contribution is 2.51. The van der Waals surface area contributed by atoms with Gasteiger partial charge in [-0.25, -0.2) is 0 Å². The van der Waals surface area contributed by atoms with Gasteiger partial charge in [-0.15, -0.1) is 0 Å². The molecule has 1 aromatic heterocycles. The third-order valence-electron chi connectivity index (χ3n) is 9.92. The first-order valence-corrected chi connectivity index (χ1v) is 16.5. The first-order chi connectivity index (χ1) is 21.5. The first kappa shape index (κ1) is 30.9. The summed E-state index contributed by atoms with van der Waals surface area (Å²) in [6.07, 6.45) is 10.6. The molecule has 3 fully saturated rings. The molecule has 8 nitrogen and oxygen atoms in total. The number of allylic oxidation sites excluding steroid dienone is 1. The van der Waals surface area contributed by atoms with E-state index >= 15 is 0 Å². The Balaban J connectivity index is 1.30. The Morgan fingerprint density at radius 2 is 1.84 bits per heavy atom. The number of hydrogen-bond donors (Lipinski definition) is 2. The van der Waals surface area contributed by atoms with E-state index in [4.69, 9.17) is 13.8 Å². The quantitative estimate of drug-likeness (QED) is 0.186. The molecule has 0 spiro atoms. The molecule has 44 heavy (non-hydrogen) atoms. The number of likely N-dealkylation sites (tertiary alicyclic amines) is 1. The number of nitrogens with zero attached hydrogens (tertiary/aromatic N) is 1. The van der Waals surface area contributed by atoms with Crippen LogP contribution in [0.25, 0.3) is 6.08 Å². The van der Waals surface area contributed by atoms with Crippen LogP contribution in [0.5, 0.6) is 5.75 Å². The molecule has 234 valence electrons. The second-order valence-electron chi connectivity index (χ2n) is 12.8. The van der Waals surface area contributed by atoms with Crippen molar-refractivity contribution in [1.29, 1.82) is 0 Å². The van der Waals surface area contributed by atoms with Crippen LogP contribution in [0.3, 0.4) is 0 Å². The fourth-order valence-electron chi connectivity index (χ4n) is 7.97. The van der Waals surface area contributed by atoms with Crippen LogP contribution in [0.2, 0.25) is 6.32 Å². The van der Waals surface area contributed by atoms with Crippen molar-refractivity contribution < 1.29 is 33.5 Å². The molecule has 2 amide bonds. The largest absolute Gasteiger partial charge is 0.489 e. The van der Waals surface area contributed by atoms with Gasteiger partial charge in [0.1, 0.15) is 30.5 Å². The van der Waals surface area contributed by atoms with Crippen LogP contribution < -0.4 is 4.74 Å². The van der Waals surface area contributed by atoms with Crippen LogP contribution >= 0.6 is 0 Å². The Morgan fingerprint density at radius 3 is 2.57 bits per heavy atom. The summed E-state index contributed by atoms with van der Waals surface area (Å²) in [5.41, 5.74) is 3.25. The van der Waals surface area contributed by atoms with Gasteiger partial charge in [0.05, 0.1) is 17.9 Å². The van der Waals surface area contributed by atoms with Crippen molar-refractivity contribution >= 4 is 25.0 Å². The number of carbonyl (C=O) groups excluding carboxylic acids is 2. The summed E-state index contributed by atoms with van der Waals surface area (Å²) in [5, 5.41) is 20.4. The van der Waals surface area contributed by atoms with E-state index in [1.165, 1.54) is 5.57 Å². The van der Waals surface area contributed by atoms with Gasteiger partial charge < -0.3 is 23.9 Å². The van der Waals surface area contributed by atoms with Crippen molar-refractivity contribution in [3.63, 3.8) is 0 Å². The Hall–Kier alpha value is -3.14. The molecular formula is C35H44BNO7. The number of amides is 2. The molecule has 4 aliphatic rings. The van der Waals surface area contributed by atoms with E-state index < -0.39 is 25.1 Å². The van der Waals surface area contributed by atoms with Crippen LogP contribution in [0.15, 0.2) is 63.6 Å². The summed E-state index contributed by atoms with van der Waals surface area (Å²) in [7, 11) is -1.01. The smallest absolute Gasteiger partial charge is 0.455 e. The predicted molar refractivity (Wildman–Crippen MR) is 167 cm³/mol. The van der Waals surface area contributed by atoms with Crippen LogP contribution in [0, 0.1) is 17.8 Å². The zero-order chi connectivity index (χ0) is 30.6. The van der Waals surface area contributed by atoms with Gasteiger partial charge >= 0.3 is 7.12 Å². The zero-order valence-corrected chi connectivity index (χ0v) is 25.7. The Labute approximate surface area is 260 Å². The monoisotopic (exact) mass is 601 g/mol. The number of rotatable bonds is 11. The van der Waals surface area contributed by atoms with E-state index in [1.54, 1.807) is 11.0 Å². The standard InChI is InChI=1S/C35H44BNO7/c1-2-9-23(18-27-15-16-28(21-38)43-27)14-17-31-32-24(22-42-26-12-7-4-8-13-26)19-29-33(30(32)20-36(41)44-31)35(40)37(34(29)39)25-10-5-3-6-11-25/h4,7-8,12-13,15-16,18,25,29-31,33,38,41H,2-3,5-6,9-11,14,17,19-22H2,1H3/b23-18+/t29-,30+,31-,33-/m1/s1. The SMILES string of the molecule is CCC/C(=C\c1ccc(CO)o1)CC[C@H]1OB(O)C[C@H]2C1=C(COc1ccccc1)C[C@H]1C(=O)N(C3CCCCC3)C(=O)[C@H]12. The van der Waals surface area contributed by atoms with E-state index in [-0.39, 0.29) is 30.4 Å². The van der Waals surface area contributed by atoms with E-state index in [1.807, 2.05) is 42.5 Å². The molecule has 0 unspecified atom stereocenters. The molecule has 2 aliphatic heterocycles. The maximum Gasteiger partial charge on any atom is 0.455 e. The normalized spacial score (nSPS) is 26.3. The van der Waals surface area contributed by atoms with E-state index in [9.17, 15) is 19.7 Å². The minimum Gasteiger partial charge on any atom is -0.489 e. The minimum atomic E-state index is -1.01. The van der Waals surface area contributed by atoms with Crippen molar-refractivity contribution in [2.24, 2.45) is 17.8 Å². The lowest BCUT2D eigenvalue weighted by atomic mass is 9.58. The molecule has 2 saturated heterocycles. The van der Waals surface area contributed by atoms with Gasteiger partial charge in [0.15, 0.2) is 0 Å². The summed E-state index contributed by atoms with van der Waals surface area (Å²) in [5.74, 6) is 0.715. The molecule has 4 atom stereocenters. The summed E-state index contributed by atoms with van der Waals surface area (Å²) in [6, 6.07) is 13.3. The minimum absolute atomic E-state index is 0.0166. The van der Waals surface area contributed by atoms with Crippen LogP contribution in [-0.4, -0.2) is 52.7 Å². The highest BCUT2D eigenvalue weighted by molar-refractivity contribution is 6.43. The number of aliphatic hydroxyl groups excluding tert-OH is 1. The summed E-state index contributed by atoms with van der Waals surface area (Å²) in [4.78, 5) is 29.6. The van der Waals surface area contributed by atoms with Gasteiger partial charge in [0, 0.05) is 6.04 Å². The second kappa shape index (κ2) is 13.9. The molecule has 3 heterocycles. The van der Waals surface area contributed by atoms with E-state index in [2.05, 4.69) is 6.92 Å². The van der Waals surface area contributed by atoms with Gasteiger partial charge in [-0.2, -0.15) is 0 Å². The maximum absolute atomic E-state index is 14.1. The highest BCUT2D eigenvalue weighted by Gasteiger charge is 2.58. The number of imide groups is 1. The van der Waals surface area contributed by atoms with Crippen LogP contribution in [0.4, 0.5) is 0 Å². The summed E-state index contributed by atoms with van der Waals surface area (Å²) < 4.78 is 18.2. The number of ether oxygens (including phenoxy) is 1. The van der Waals surface area contributed by atoms with Gasteiger partial charge in [0.25, 0.3) is 0 Å². The van der Waals surface area contributed by atoms with Gasteiger partial charge in [-0.3, -0.25) is 14.5 Å². The average molecular weight is 602 g/mol. The summed E-state index contributed by atoms with van der Waals surface area (Å²) in [6.45, 7) is 2.30. The number of benzene rings is 1. The molecular weight excluding hydrogens is 557 g/mol. The third kappa shape index (κ3) is 6.46. The van der Waals surface area contributed by atoms with Crippen LogP contribution in [-0.2, 0) is 20.9 Å². The number of furan rings is 1.